The maximum Gasteiger partial charge on any atom is 0.00953 e. The van der Waals surface area contributed by atoms with Gasteiger partial charge >= 0.3 is 0 Å². The third-order valence-electron chi connectivity index (χ3n) is 4.49. The van der Waals surface area contributed by atoms with Gasteiger partial charge in [-0.05, 0) is 37.6 Å². The molecule has 0 amide bonds. The van der Waals surface area contributed by atoms with Gasteiger partial charge in [0.15, 0.2) is 0 Å². The fraction of sp³-hybridized carbons (Fsp3) is 1.00. The minimum absolute atomic E-state index is 0.858. The zero-order valence-corrected chi connectivity index (χ0v) is 10.3. The highest BCUT2D eigenvalue weighted by Gasteiger charge is 2.29. The van der Waals surface area contributed by atoms with Crippen LogP contribution in [0.4, 0.5) is 0 Å². The molecule has 2 atom stereocenters. The lowest BCUT2D eigenvalue weighted by molar-refractivity contribution is 0.263. The van der Waals surface area contributed by atoms with E-state index in [1.54, 1.807) is 0 Å². The van der Waals surface area contributed by atoms with E-state index >= 15 is 0 Å². The highest BCUT2D eigenvalue weighted by atomic mass is 14.9. The molecule has 0 spiro atoms. The second-order valence-corrected chi connectivity index (χ2v) is 5.59. The quantitative estimate of drug-likeness (QED) is 0.744. The van der Waals surface area contributed by atoms with Gasteiger partial charge in [0.1, 0.15) is 0 Å². The van der Waals surface area contributed by atoms with Crippen LogP contribution in [0.1, 0.15) is 64.7 Å². The van der Waals surface area contributed by atoms with Crippen LogP contribution in [0, 0.1) is 11.8 Å². The molecule has 0 bridgehead atoms. The van der Waals surface area contributed by atoms with Crippen molar-refractivity contribution in [2.45, 2.75) is 70.8 Å². The van der Waals surface area contributed by atoms with Crippen LogP contribution in [0.15, 0.2) is 0 Å². The van der Waals surface area contributed by atoms with Gasteiger partial charge in [-0.1, -0.05) is 45.4 Å². The molecule has 2 unspecified atom stereocenters. The summed E-state index contributed by atoms with van der Waals surface area (Å²) in [5, 5.41) is 3.68. The topological polar surface area (TPSA) is 12.0 Å². The Morgan fingerprint density at radius 1 is 0.933 bits per heavy atom. The summed E-state index contributed by atoms with van der Waals surface area (Å²) in [5.74, 6) is 2.08. The van der Waals surface area contributed by atoms with Gasteiger partial charge in [-0.15, -0.1) is 0 Å². The molecule has 0 saturated heterocycles. The summed E-state index contributed by atoms with van der Waals surface area (Å²) in [4.78, 5) is 0. The Balaban J connectivity index is 1.76. The summed E-state index contributed by atoms with van der Waals surface area (Å²) in [7, 11) is 0. The average Bonchev–Trinajstić information content (AvgIpc) is 2.68. The van der Waals surface area contributed by atoms with Crippen molar-refractivity contribution >= 4 is 0 Å². The summed E-state index contributed by atoms with van der Waals surface area (Å²) >= 11 is 0. The molecule has 0 radical (unpaired) electrons. The maximum absolute atomic E-state index is 3.68. The van der Waals surface area contributed by atoms with Crippen molar-refractivity contribution in [2.24, 2.45) is 11.8 Å². The molecule has 1 nitrogen and oxygen atoms in total. The second-order valence-electron chi connectivity index (χ2n) is 5.59. The van der Waals surface area contributed by atoms with E-state index in [4.69, 9.17) is 0 Å². The number of hydrogen-bond donors (Lipinski definition) is 1. The first kappa shape index (κ1) is 11.4. The highest BCUT2D eigenvalue weighted by molar-refractivity contribution is 4.85. The SMILES string of the molecule is CCNC1CCCC1CC1CCCCC1. The lowest BCUT2D eigenvalue weighted by atomic mass is 9.81. The predicted octanol–water partition coefficient (Wildman–Crippen LogP) is 3.74. The summed E-state index contributed by atoms with van der Waals surface area (Å²) in [6.45, 7) is 3.40. The zero-order chi connectivity index (χ0) is 10.5. The van der Waals surface area contributed by atoms with E-state index in [1.807, 2.05) is 0 Å². The van der Waals surface area contributed by atoms with Crippen molar-refractivity contribution < 1.29 is 0 Å². The van der Waals surface area contributed by atoms with Crippen LogP contribution < -0.4 is 5.32 Å². The lowest BCUT2D eigenvalue weighted by Gasteiger charge is -2.28. The molecule has 0 aromatic rings. The van der Waals surface area contributed by atoms with Crippen molar-refractivity contribution in [3.63, 3.8) is 0 Å². The Kier molecular flexibility index (Phi) is 4.49. The molecule has 2 rings (SSSR count). The van der Waals surface area contributed by atoms with Gasteiger partial charge in [-0.3, -0.25) is 0 Å². The molecule has 15 heavy (non-hydrogen) atoms. The Morgan fingerprint density at radius 2 is 1.73 bits per heavy atom. The van der Waals surface area contributed by atoms with Gasteiger partial charge in [-0.2, -0.15) is 0 Å². The summed E-state index contributed by atoms with van der Waals surface area (Å²) < 4.78 is 0. The third-order valence-corrected chi connectivity index (χ3v) is 4.49. The van der Waals surface area contributed by atoms with Crippen molar-refractivity contribution in [2.75, 3.05) is 6.54 Å². The minimum atomic E-state index is 0.858. The van der Waals surface area contributed by atoms with Crippen LogP contribution >= 0.6 is 0 Å². The minimum Gasteiger partial charge on any atom is -0.314 e. The molecule has 2 aliphatic rings. The Hall–Kier alpha value is -0.0400. The van der Waals surface area contributed by atoms with Gasteiger partial charge in [-0.25, -0.2) is 0 Å². The fourth-order valence-corrected chi connectivity index (χ4v) is 3.70. The van der Waals surface area contributed by atoms with Crippen LogP contribution in [-0.2, 0) is 0 Å². The number of nitrogens with one attached hydrogen (secondary N) is 1. The van der Waals surface area contributed by atoms with Crippen molar-refractivity contribution in [1.29, 1.82) is 0 Å². The molecule has 0 aromatic carbocycles. The van der Waals surface area contributed by atoms with Gasteiger partial charge in [0, 0.05) is 6.04 Å². The van der Waals surface area contributed by atoms with Crippen LogP contribution in [0.5, 0.6) is 0 Å². The summed E-state index contributed by atoms with van der Waals surface area (Å²) in [6, 6.07) is 0.858. The summed E-state index contributed by atoms with van der Waals surface area (Å²) in [5.41, 5.74) is 0. The van der Waals surface area contributed by atoms with Gasteiger partial charge in [0.05, 0.1) is 0 Å². The van der Waals surface area contributed by atoms with E-state index < -0.39 is 0 Å². The lowest BCUT2D eigenvalue weighted by Crippen LogP contribution is -2.33. The van der Waals surface area contributed by atoms with Crippen LogP contribution in [0.3, 0.4) is 0 Å². The molecule has 1 N–H and O–H groups in total. The number of rotatable bonds is 4. The second kappa shape index (κ2) is 5.89. The fourth-order valence-electron chi connectivity index (χ4n) is 3.70. The monoisotopic (exact) mass is 209 g/mol. The van der Waals surface area contributed by atoms with E-state index in [0.717, 1.165) is 24.4 Å². The molecule has 0 aromatic heterocycles. The molecule has 0 aliphatic heterocycles. The third kappa shape index (κ3) is 3.21. The highest BCUT2D eigenvalue weighted by Crippen LogP contribution is 2.36. The van der Waals surface area contributed by atoms with E-state index in [1.165, 1.54) is 57.8 Å². The van der Waals surface area contributed by atoms with Gasteiger partial charge in [0.2, 0.25) is 0 Å². The zero-order valence-electron chi connectivity index (χ0n) is 10.3. The maximum atomic E-state index is 3.68. The Labute approximate surface area is 95.0 Å². The first-order chi connectivity index (χ1) is 7.40. The number of hydrogen-bond acceptors (Lipinski definition) is 1. The molecule has 2 aliphatic carbocycles. The van der Waals surface area contributed by atoms with Crippen LogP contribution in [0.25, 0.3) is 0 Å². The molecule has 0 heterocycles. The molecule has 1 heteroatoms. The molecule has 2 fully saturated rings. The molecule has 2 saturated carbocycles. The van der Waals surface area contributed by atoms with Crippen molar-refractivity contribution in [3.8, 4) is 0 Å². The molecule has 88 valence electrons. The van der Waals surface area contributed by atoms with Gasteiger partial charge in [0.25, 0.3) is 0 Å². The molecular weight excluding hydrogens is 182 g/mol. The van der Waals surface area contributed by atoms with Crippen molar-refractivity contribution in [3.05, 3.63) is 0 Å². The van der Waals surface area contributed by atoms with E-state index in [9.17, 15) is 0 Å². The van der Waals surface area contributed by atoms with Crippen LogP contribution in [-0.4, -0.2) is 12.6 Å². The Morgan fingerprint density at radius 3 is 2.47 bits per heavy atom. The van der Waals surface area contributed by atoms with Gasteiger partial charge < -0.3 is 5.32 Å². The normalized spacial score (nSPS) is 33.4. The Bertz CT molecular complexity index is 172. The first-order valence-electron chi connectivity index (χ1n) is 7.13. The largest absolute Gasteiger partial charge is 0.314 e. The smallest absolute Gasteiger partial charge is 0.00953 e. The predicted molar refractivity (Wildman–Crippen MR) is 66.0 cm³/mol. The average molecular weight is 209 g/mol. The summed E-state index contributed by atoms with van der Waals surface area (Å²) in [6.07, 6.45) is 13.5. The molecular formula is C14H27N. The first-order valence-corrected chi connectivity index (χ1v) is 7.13. The standard InChI is InChI=1S/C14H27N/c1-2-15-14-10-6-9-13(14)11-12-7-4-3-5-8-12/h12-15H,2-11H2,1H3. The van der Waals surface area contributed by atoms with E-state index in [2.05, 4.69) is 12.2 Å². The van der Waals surface area contributed by atoms with Crippen LogP contribution in [0.2, 0.25) is 0 Å². The van der Waals surface area contributed by atoms with E-state index in [0.29, 0.717) is 0 Å². The van der Waals surface area contributed by atoms with E-state index in [-0.39, 0.29) is 0 Å². The van der Waals surface area contributed by atoms with Crippen molar-refractivity contribution in [1.82, 2.24) is 5.32 Å².